The molecule has 1 radical (unpaired) electrons. The van der Waals surface area contributed by atoms with Crippen LogP contribution in [0.5, 0.6) is 0 Å². The fourth-order valence-corrected chi connectivity index (χ4v) is 1.64. The zero-order chi connectivity index (χ0) is 12.0. The third-order valence-corrected chi connectivity index (χ3v) is 2.39. The van der Waals surface area contributed by atoms with Gasteiger partial charge in [0.25, 0.3) is 0 Å². The SMILES string of the molecule is O=C1CCC(c2cc[c-]cc2)C(=O)N1.[Ac].[CH2-]C. The van der Waals surface area contributed by atoms with Crippen LogP contribution in [0.25, 0.3) is 0 Å². The molecule has 4 heteroatoms. The minimum atomic E-state index is -0.188. The Kier molecular flexibility index (Phi) is 8.73. The van der Waals surface area contributed by atoms with Crippen LogP contribution in [-0.4, -0.2) is 11.8 Å². The Morgan fingerprint density at radius 3 is 2.41 bits per heavy atom. The zero-order valence-electron chi connectivity index (χ0n) is 9.90. The summed E-state index contributed by atoms with van der Waals surface area (Å²) >= 11 is 0. The summed E-state index contributed by atoms with van der Waals surface area (Å²) in [6.45, 7) is 5.00. The van der Waals surface area contributed by atoms with Gasteiger partial charge in [0, 0.05) is 56.4 Å². The van der Waals surface area contributed by atoms with E-state index >= 15 is 0 Å². The number of piperidine rings is 1. The largest absolute Gasteiger partial charge is 0.346 e. The topological polar surface area (TPSA) is 46.2 Å². The van der Waals surface area contributed by atoms with Crippen LogP contribution >= 0.6 is 0 Å². The smallest absolute Gasteiger partial charge is 0.232 e. The Hall–Kier alpha value is -0.198. The van der Waals surface area contributed by atoms with Crippen molar-refractivity contribution in [3.05, 3.63) is 42.8 Å². The molecular weight excluding hydrogens is 429 g/mol. The molecule has 1 fully saturated rings. The van der Waals surface area contributed by atoms with Crippen molar-refractivity contribution in [1.82, 2.24) is 5.32 Å². The molecule has 1 saturated heterocycles. The Labute approximate surface area is 138 Å². The molecule has 1 atom stereocenters. The van der Waals surface area contributed by atoms with E-state index in [4.69, 9.17) is 0 Å². The molecule has 3 nitrogen and oxygen atoms in total. The molecule has 1 aromatic carbocycles. The minimum Gasteiger partial charge on any atom is -0.346 e. The van der Waals surface area contributed by atoms with Crippen molar-refractivity contribution in [3.63, 3.8) is 0 Å². The van der Waals surface area contributed by atoms with Crippen LogP contribution in [-0.2, 0) is 9.59 Å². The third kappa shape index (κ3) is 4.89. The molecule has 89 valence electrons. The normalized spacial score (nSPS) is 18.4. The van der Waals surface area contributed by atoms with Gasteiger partial charge in [0.15, 0.2) is 0 Å². The van der Waals surface area contributed by atoms with Crippen molar-refractivity contribution in [1.29, 1.82) is 0 Å². The van der Waals surface area contributed by atoms with Gasteiger partial charge in [-0.1, -0.05) is 0 Å². The maximum absolute atomic E-state index is 11.5. The molecule has 2 amide bonds. The summed E-state index contributed by atoms with van der Waals surface area (Å²) in [5, 5.41) is 2.34. The van der Waals surface area contributed by atoms with Crippen molar-refractivity contribution in [2.45, 2.75) is 25.7 Å². The van der Waals surface area contributed by atoms with Gasteiger partial charge in [-0.2, -0.15) is 37.3 Å². The first kappa shape index (κ1) is 16.8. The molecule has 1 unspecified atom stereocenters. The molecule has 1 N–H and O–H groups in total. The van der Waals surface area contributed by atoms with Crippen LogP contribution in [0.15, 0.2) is 24.3 Å². The number of hydrogen-bond acceptors (Lipinski definition) is 2. The van der Waals surface area contributed by atoms with Crippen molar-refractivity contribution >= 4 is 11.8 Å². The van der Waals surface area contributed by atoms with Crippen LogP contribution in [0.1, 0.15) is 31.2 Å². The fraction of sp³-hybridized carbons (Fsp3) is 0.308. The van der Waals surface area contributed by atoms with Gasteiger partial charge in [-0.05, 0) is 6.42 Å². The molecule has 2 rings (SSSR count). The summed E-state index contributed by atoms with van der Waals surface area (Å²) in [5.41, 5.74) is 0.953. The summed E-state index contributed by atoms with van der Waals surface area (Å²) in [7, 11) is 0. The zero-order valence-corrected chi connectivity index (χ0v) is 14.6. The maximum Gasteiger partial charge on any atom is 0.232 e. The second kappa shape index (κ2) is 8.83. The number of carbonyl (C=O) groups is 2. The van der Waals surface area contributed by atoms with Crippen LogP contribution in [0.4, 0.5) is 0 Å². The molecule has 0 spiro atoms. The third-order valence-electron chi connectivity index (χ3n) is 2.39. The quantitative estimate of drug-likeness (QED) is 0.531. The van der Waals surface area contributed by atoms with Gasteiger partial charge >= 0.3 is 0 Å². The first-order chi connectivity index (χ1) is 7.77. The molecule has 1 aromatic rings. The molecule has 0 saturated carbocycles. The predicted octanol–water partition coefficient (Wildman–Crippen LogP) is 1.85. The summed E-state index contributed by atoms with van der Waals surface area (Å²) in [6.07, 6.45) is 1.03. The Balaban J connectivity index is 0.000000811. The number of imide groups is 1. The van der Waals surface area contributed by atoms with E-state index in [0.29, 0.717) is 12.8 Å². The van der Waals surface area contributed by atoms with E-state index in [-0.39, 0.29) is 61.8 Å². The molecule has 0 aromatic heterocycles. The standard InChI is InChI=1S/C11H10NO2.C2H5.Ac/c13-10-7-6-9(11(14)12-10)8-4-2-1-3-5-8;1-2;/h2-5,9H,6-7H2,(H,12,13,14);1H2,2H3;/q2*-1;. The average Bonchev–Trinajstić information content (AvgIpc) is 2.33. The number of hydrogen-bond donors (Lipinski definition) is 1. The number of nitrogens with one attached hydrogen (secondary N) is 1. The van der Waals surface area contributed by atoms with E-state index in [1.165, 1.54) is 0 Å². The average molecular weight is 444 g/mol. The summed E-state index contributed by atoms with van der Waals surface area (Å²) in [5.74, 6) is -0.538. The van der Waals surface area contributed by atoms with Gasteiger partial charge < -0.3 is 6.92 Å². The molecular formula is C13H15AcNO2-2. The van der Waals surface area contributed by atoms with E-state index in [2.05, 4.69) is 18.3 Å². The van der Waals surface area contributed by atoms with Gasteiger partial charge in [-0.3, -0.25) is 14.9 Å². The number of rotatable bonds is 1. The fourth-order valence-electron chi connectivity index (χ4n) is 1.64. The molecule has 1 aliphatic rings. The Morgan fingerprint density at radius 1 is 1.29 bits per heavy atom. The summed E-state index contributed by atoms with van der Waals surface area (Å²) in [6, 6.07) is 10.2. The van der Waals surface area contributed by atoms with Crippen LogP contribution in [0.3, 0.4) is 0 Å². The Morgan fingerprint density at radius 2 is 1.88 bits per heavy atom. The second-order valence-corrected chi connectivity index (χ2v) is 3.34. The van der Waals surface area contributed by atoms with Crippen molar-refractivity contribution in [2.75, 3.05) is 0 Å². The number of carbonyl (C=O) groups excluding carboxylic acids is 2. The van der Waals surface area contributed by atoms with Gasteiger partial charge in [-0.25, -0.2) is 0 Å². The monoisotopic (exact) mass is 444 g/mol. The Bertz CT molecular complexity index is 365. The molecule has 0 bridgehead atoms. The van der Waals surface area contributed by atoms with E-state index < -0.39 is 0 Å². The minimum absolute atomic E-state index is 0. The van der Waals surface area contributed by atoms with Crippen molar-refractivity contribution < 1.29 is 53.7 Å². The van der Waals surface area contributed by atoms with Crippen LogP contribution in [0.2, 0.25) is 0 Å². The maximum atomic E-state index is 11.5. The first-order valence-corrected chi connectivity index (χ1v) is 5.28. The van der Waals surface area contributed by atoms with Gasteiger partial charge in [0.05, 0.1) is 0 Å². The number of benzene rings is 1. The summed E-state index contributed by atoms with van der Waals surface area (Å²) < 4.78 is 0. The molecule has 17 heavy (non-hydrogen) atoms. The molecule has 1 heterocycles. The van der Waals surface area contributed by atoms with Gasteiger partial charge in [-0.15, -0.1) is 5.56 Å². The van der Waals surface area contributed by atoms with E-state index in [1.54, 1.807) is 19.1 Å². The molecule has 1 aliphatic heterocycles. The van der Waals surface area contributed by atoms with E-state index in [9.17, 15) is 9.59 Å². The van der Waals surface area contributed by atoms with Crippen LogP contribution < -0.4 is 5.32 Å². The van der Waals surface area contributed by atoms with Crippen molar-refractivity contribution in [2.24, 2.45) is 0 Å². The second-order valence-electron chi connectivity index (χ2n) is 3.34. The van der Waals surface area contributed by atoms with Crippen molar-refractivity contribution in [3.8, 4) is 0 Å². The first-order valence-electron chi connectivity index (χ1n) is 5.28. The van der Waals surface area contributed by atoms with E-state index in [0.717, 1.165) is 5.56 Å². The van der Waals surface area contributed by atoms with E-state index in [1.807, 2.05) is 12.1 Å². The van der Waals surface area contributed by atoms with Crippen LogP contribution in [0, 0.1) is 57.1 Å². The van der Waals surface area contributed by atoms with Gasteiger partial charge in [0.2, 0.25) is 11.8 Å². The molecule has 0 aliphatic carbocycles. The number of amides is 2. The summed E-state index contributed by atoms with van der Waals surface area (Å²) in [4.78, 5) is 22.4. The van der Waals surface area contributed by atoms with Gasteiger partial charge in [0.1, 0.15) is 0 Å². The predicted molar refractivity (Wildman–Crippen MR) is 61.4 cm³/mol.